The Bertz CT molecular complexity index is 931. The van der Waals surface area contributed by atoms with Crippen LogP contribution in [-0.4, -0.2) is 26.8 Å². The molecule has 4 aliphatic rings. The molecule has 1 N–H and O–H groups in total. The average molecular weight is 411 g/mol. The lowest BCUT2D eigenvalue weighted by Crippen LogP contribution is -2.59. The van der Waals surface area contributed by atoms with Gasteiger partial charge in [-0.05, 0) is 78.2 Å². The molecule has 3 saturated carbocycles. The predicted octanol–water partition coefficient (Wildman–Crippen LogP) is 4.80. The van der Waals surface area contributed by atoms with E-state index in [1.54, 1.807) is 0 Å². The van der Waals surface area contributed by atoms with Gasteiger partial charge in [0.2, 0.25) is 0 Å². The lowest BCUT2D eigenvalue weighted by atomic mass is 9.44. The molecule has 164 valence electrons. The van der Waals surface area contributed by atoms with Crippen molar-refractivity contribution in [2.24, 2.45) is 47.0 Å². The molecule has 4 heteroatoms. The molecule has 1 aromatic rings. The van der Waals surface area contributed by atoms with Crippen molar-refractivity contribution in [2.75, 3.05) is 0 Å². The normalized spacial score (nSPS) is 47.0. The second kappa shape index (κ2) is 6.31. The van der Waals surface area contributed by atoms with E-state index in [4.69, 9.17) is 0 Å². The topological polar surface area (TPSA) is 55.1 Å². The van der Waals surface area contributed by atoms with Crippen LogP contribution in [0.15, 0.2) is 11.8 Å². The maximum absolute atomic E-state index is 13.2. The van der Waals surface area contributed by atoms with Crippen LogP contribution in [0.2, 0.25) is 0 Å². The van der Waals surface area contributed by atoms with Crippen molar-refractivity contribution in [3.8, 4) is 0 Å². The maximum Gasteiger partial charge on any atom is 0.139 e. The molecule has 1 heterocycles. The number of hydrogen-bond donors (Lipinski definition) is 1. The van der Waals surface area contributed by atoms with Crippen molar-refractivity contribution >= 4 is 11.9 Å². The van der Waals surface area contributed by atoms with Crippen LogP contribution in [-0.2, 0) is 18.3 Å². The van der Waals surface area contributed by atoms with Crippen LogP contribution in [0.4, 0.5) is 0 Å². The van der Waals surface area contributed by atoms with E-state index in [1.165, 1.54) is 16.8 Å². The van der Waals surface area contributed by atoms with Crippen molar-refractivity contribution in [3.05, 3.63) is 23.0 Å². The fourth-order valence-corrected chi connectivity index (χ4v) is 8.84. The van der Waals surface area contributed by atoms with E-state index in [0.29, 0.717) is 30.0 Å². The summed E-state index contributed by atoms with van der Waals surface area (Å²) in [6.45, 7) is 11.2. The lowest BCUT2D eigenvalue weighted by Gasteiger charge is -2.61. The third-order valence-electron chi connectivity index (χ3n) is 10.7. The smallest absolute Gasteiger partial charge is 0.139 e. The Morgan fingerprint density at radius 3 is 2.77 bits per heavy atom. The van der Waals surface area contributed by atoms with Gasteiger partial charge >= 0.3 is 0 Å². The molecular weight excluding hydrogens is 372 g/mol. The first-order valence-electron chi connectivity index (χ1n) is 12.0. The highest BCUT2D eigenvalue weighted by molar-refractivity contribution is 5.86. The molecule has 0 spiro atoms. The summed E-state index contributed by atoms with van der Waals surface area (Å²) in [5, 5.41) is 16.2. The number of aryl methyl sites for hydroxylation is 1. The van der Waals surface area contributed by atoms with E-state index in [0.717, 1.165) is 32.1 Å². The van der Waals surface area contributed by atoms with Gasteiger partial charge in [0, 0.05) is 18.9 Å². The highest BCUT2D eigenvalue weighted by atomic mass is 16.3. The Morgan fingerprint density at radius 2 is 2.07 bits per heavy atom. The number of hydrogen-bond acceptors (Lipinski definition) is 3. The number of aliphatic hydroxyl groups is 1. The van der Waals surface area contributed by atoms with E-state index in [2.05, 4.69) is 38.9 Å². The van der Waals surface area contributed by atoms with Crippen molar-refractivity contribution in [1.82, 2.24) is 9.78 Å². The Labute approximate surface area is 181 Å². The van der Waals surface area contributed by atoms with Gasteiger partial charge in [-0.3, -0.25) is 9.48 Å². The molecule has 3 fully saturated rings. The number of Topliss-reactive ketones (excluding diaryl/α,β-unsaturated/α-hetero) is 1. The van der Waals surface area contributed by atoms with Crippen LogP contribution < -0.4 is 0 Å². The molecule has 0 aliphatic heterocycles. The van der Waals surface area contributed by atoms with E-state index in [1.807, 2.05) is 24.9 Å². The van der Waals surface area contributed by atoms with E-state index >= 15 is 0 Å². The van der Waals surface area contributed by atoms with Gasteiger partial charge in [-0.2, -0.15) is 5.10 Å². The molecular formula is C26H38N2O2. The number of allylic oxidation sites excluding steroid dienone is 1. The van der Waals surface area contributed by atoms with Crippen molar-refractivity contribution in [3.63, 3.8) is 0 Å². The number of fused-ring (bicyclic) bond motifs is 6. The van der Waals surface area contributed by atoms with Crippen LogP contribution in [0.25, 0.3) is 6.08 Å². The van der Waals surface area contributed by atoms with Gasteiger partial charge in [-0.1, -0.05) is 40.2 Å². The van der Waals surface area contributed by atoms with Crippen molar-refractivity contribution in [2.45, 2.75) is 79.2 Å². The molecule has 4 nitrogen and oxygen atoms in total. The molecule has 30 heavy (non-hydrogen) atoms. The van der Waals surface area contributed by atoms with Gasteiger partial charge in [-0.15, -0.1) is 0 Å². The fourth-order valence-electron chi connectivity index (χ4n) is 8.84. The highest BCUT2D eigenvalue weighted by Crippen LogP contribution is 2.71. The molecule has 0 amide bonds. The number of rotatable bonds is 2. The molecule has 0 bridgehead atoms. The van der Waals surface area contributed by atoms with E-state index in [-0.39, 0.29) is 28.3 Å². The van der Waals surface area contributed by atoms with Crippen LogP contribution in [0.1, 0.15) is 78.0 Å². The summed E-state index contributed by atoms with van der Waals surface area (Å²) in [5.74, 6) is 2.07. The number of carbonyl (C=O) groups excluding carboxylic acids is 1. The number of nitrogens with zero attached hydrogens (tertiary/aromatic N) is 2. The summed E-state index contributed by atoms with van der Waals surface area (Å²) >= 11 is 0. The first kappa shape index (κ1) is 20.5. The van der Waals surface area contributed by atoms with Gasteiger partial charge in [0.05, 0.1) is 18.0 Å². The quantitative estimate of drug-likeness (QED) is 0.762. The van der Waals surface area contributed by atoms with Crippen LogP contribution >= 0.6 is 0 Å². The fraction of sp³-hybridized carbons (Fsp3) is 0.769. The monoisotopic (exact) mass is 410 g/mol. The van der Waals surface area contributed by atoms with Gasteiger partial charge in [0.15, 0.2) is 0 Å². The molecule has 5 rings (SSSR count). The zero-order chi connectivity index (χ0) is 21.6. The Kier molecular flexibility index (Phi) is 4.31. The summed E-state index contributed by atoms with van der Waals surface area (Å²) in [4.78, 5) is 13.2. The Hall–Kier alpha value is -1.42. The van der Waals surface area contributed by atoms with Gasteiger partial charge in [0.25, 0.3) is 0 Å². The first-order valence-corrected chi connectivity index (χ1v) is 12.0. The molecule has 0 radical (unpaired) electrons. The van der Waals surface area contributed by atoms with Gasteiger partial charge < -0.3 is 5.11 Å². The minimum absolute atomic E-state index is 0.00328. The average Bonchev–Trinajstić information content (AvgIpc) is 3.14. The highest BCUT2D eigenvalue weighted by Gasteiger charge is 2.68. The second-order valence-corrected chi connectivity index (χ2v) is 11.6. The van der Waals surface area contributed by atoms with Crippen LogP contribution in [0.5, 0.6) is 0 Å². The Morgan fingerprint density at radius 1 is 1.33 bits per heavy atom. The van der Waals surface area contributed by atoms with E-state index in [9.17, 15) is 9.90 Å². The number of aromatic nitrogens is 2. The molecule has 0 unspecified atom stereocenters. The SMILES string of the molecule is CCC(=O)[C@@]1(C)[C@H](C)C[C@H]2[C@@H]3CCC4=Cc5c(cnn5C)C[C@]4(C)[C@H]3[C@@H](O)C[C@@]21C. The number of ketones is 1. The minimum atomic E-state index is -0.350. The third kappa shape index (κ3) is 2.27. The standard InChI is InChI=1S/C26H38N2O2/c1-7-22(30)26(5)15(2)10-19-18-9-8-17-11-20-16(14-27-28(20)6)12-24(17,3)23(18)21(29)13-25(19,26)4/h11,14-15,18-19,21,23,29H,7-10,12-13H2,1-6H3/t15-,18+,19+,21+,23-,24+,25+,26-/m1/s1. The summed E-state index contributed by atoms with van der Waals surface area (Å²) in [5.41, 5.74) is 3.63. The summed E-state index contributed by atoms with van der Waals surface area (Å²) in [6.07, 6.45) is 9.74. The molecule has 0 saturated heterocycles. The predicted molar refractivity (Wildman–Crippen MR) is 119 cm³/mol. The second-order valence-electron chi connectivity index (χ2n) is 11.6. The third-order valence-corrected chi connectivity index (χ3v) is 10.7. The lowest BCUT2D eigenvalue weighted by molar-refractivity contribution is -0.158. The largest absolute Gasteiger partial charge is 0.393 e. The minimum Gasteiger partial charge on any atom is -0.393 e. The Balaban J connectivity index is 1.57. The molecule has 8 atom stereocenters. The van der Waals surface area contributed by atoms with Gasteiger partial charge in [-0.25, -0.2) is 0 Å². The molecule has 4 aliphatic carbocycles. The zero-order valence-corrected chi connectivity index (χ0v) is 19.5. The summed E-state index contributed by atoms with van der Waals surface area (Å²) in [7, 11) is 2.02. The summed E-state index contributed by atoms with van der Waals surface area (Å²) in [6, 6.07) is 0. The van der Waals surface area contributed by atoms with Gasteiger partial charge in [0.1, 0.15) is 5.78 Å². The van der Waals surface area contributed by atoms with Crippen LogP contribution in [0.3, 0.4) is 0 Å². The van der Waals surface area contributed by atoms with Crippen molar-refractivity contribution in [1.29, 1.82) is 0 Å². The molecule has 1 aromatic heterocycles. The molecule has 0 aromatic carbocycles. The number of aliphatic hydroxyl groups excluding tert-OH is 1. The maximum atomic E-state index is 13.2. The summed E-state index contributed by atoms with van der Waals surface area (Å²) < 4.78 is 1.99. The van der Waals surface area contributed by atoms with E-state index < -0.39 is 0 Å². The number of carbonyl (C=O) groups is 1. The van der Waals surface area contributed by atoms with Crippen LogP contribution in [0, 0.1) is 39.9 Å². The zero-order valence-electron chi connectivity index (χ0n) is 19.5. The first-order chi connectivity index (χ1) is 14.1. The van der Waals surface area contributed by atoms with Crippen molar-refractivity contribution < 1.29 is 9.90 Å².